The number of ether oxygens (including phenoxy) is 2. The Bertz CT molecular complexity index is 1560. The quantitative estimate of drug-likeness (QED) is 0.133. The lowest BCUT2D eigenvalue weighted by molar-refractivity contribution is -0.137. The molecule has 0 bridgehead atoms. The first kappa shape index (κ1) is 28.2. The van der Waals surface area contributed by atoms with Gasteiger partial charge >= 0.3 is 12.1 Å². The molecule has 6 nitrogen and oxygen atoms in total. The van der Waals surface area contributed by atoms with E-state index in [4.69, 9.17) is 9.47 Å². The summed E-state index contributed by atoms with van der Waals surface area (Å²) in [5.41, 5.74) is 1.11. The maximum atomic E-state index is 13.9. The molecule has 2 heterocycles. The van der Waals surface area contributed by atoms with Crippen molar-refractivity contribution < 1.29 is 36.6 Å². The molecule has 0 spiro atoms. The maximum Gasteiger partial charge on any atom is 0.416 e. The average molecular weight is 567 g/mol. The Kier molecular flexibility index (Phi) is 8.03. The first-order chi connectivity index (χ1) is 19.7. The number of likely N-dealkylation sites (tertiary alicyclic amines) is 1. The highest BCUT2D eigenvalue weighted by Crippen LogP contribution is 2.35. The molecule has 0 amide bonds. The van der Waals surface area contributed by atoms with Gasteiger partial charge < -0.3 is 9.47 Å². The number of pyridine rings is 1. The van der Waals surface area contributed by atoms with E-state index in [9.17, 15) is 27.2 Å². The van der Waals surface area contributed by atoms with Gasteiger partial charge in [-0.3, -0.25) is 19.1 Å². The van der Waals surface area contributed by atoms with Gasteiger partial charge in [0, 0.05) is 47.9 Å². The smallest absolute Gasteiger partial charge is 0.416 e. The van der Waals surface area contributed by atoms with Crippen molar-refractivity contribution in [3.8, 4) is 16.9 Å². The van der Waals surface area contributed by atoms with Crippen LogP contribution in [0.25, 0.3) is 22.0 Å². The van der Waals surface area contributed by atoms with E-state index >= 15 is 0 Å². The third kappa shape index (κ3) is 6.07. The van der Waals surface area contributed by atoms with Crippen molar-refractivity contribution in [2.45, 2.75) is 18.7 Å². The van der Waals surface area contributed by atoms with Gasteiger partial charge in [-0.05, 0) is 60.5 Å². The van der Waals surface area contributed by atoms with Gasteiger partial charge in [-0.2, -0.15) is 13.2 Å². The summed E-state index contributed by atoms with van der Waals surface area (Å²) in [6.07, 6.45) is -2.61. The molecule has 1 fully saturated rings. The van der Waals surface area contributed by atoms with E-state index in [1.54, 1.807) is 30.3 Å². The van der Waals surface area contributed by atoms with Gasteiger partial charge in [0.1, 0.15) is 11.9 Å². The zero-order chi connectivity index (χ0) is 29.1. The van der Waals surface area contributed by atoms with Crippen molar-refractivity contribution >= 4 is 22.7 Å². The van der Waals surface area contributed by atoms with Crippen LogP contribution in [0.5, 0.6) is 5.75 Å². The summed E-state index contributed by atoms with van der Waals surface area (Å²) in [7, 11) is 1.25. The van der Waals surface area contributed by atoms with E-state index in [2.05, 4.69) is 9.88 Å². The van der Waals surface area contributed by atoms with Crippen molar-refractivity contribution in [2.24, 2.45) is 0 Å². The second kappa shape index (κ2) is 11.7. The van der Waals surface area contributed by atoms with Crippen LogP contribution in [0.1, 0.15) is 38.3 Å². The number of alkyl halides is 4. The number of carbonyl (C=O) groups is 2. The highest BCUT2D eigenvalue weighted by molar-refractivity contribution is 6.20. The van der Waals surface area contributed by atoms with Crippen LogP contribution in [-0.2, 0) is 10.9 Å². The number of ketones is 1. The van der Waals surface area contributed by atoms with Gasteiger partial charge in [0.25, 0.3) is 0 Å². The Morgan fingerprint density at radius 1 is 0.976 bits per heavy atom. The fourth-order valence-corrected chi connectivity index (χ4v) is 4.83. The molecule has 1 aromatic heterocycles. The lowest BCUT2D eigenvalue weighted by atomic mass is 9.91. The molecule has 0 unspecified atom stereocenters. The van der Waals surface area contributed by atoms with Gasteiger partial charge in [-0.15, -0.1) is 0 Å². The fourth-order valence-electron chi connectivity index (χ4n) is 4.83. The number of methoxy groups -OCH3 is 1. The zero-order valence-electron chi connectivity index (χ0n) is 22.1. The molecule has 4 aromatic rings. The van der Waals surface area contributed by atoms with Gasteiger partial charge in [-0.1, -0.05) is 18.2 Å². The van der Waals surface area contributed by atoms with E-state index in [-0.39, 0.29) is 29.7 Å². The normalized spacial score (nSPS) is 14.1. The van der Waals surface area contributed by atoms with Crippen LogP contribution in [0.3, 0.4) is 0 Å². The monoisotopic (exact) mass is 566 g/mol. The highest BCUT2D eigenvalue weighted by atomic mass is 19.4. The van der Waals surface area contributed by atoms with Gasteiger partial charge in [0.05, 0.1) is 30.4 Å². The predicted molar refractivity (Wildman–Crippen MR) is 145 cm³/mol. The Morgan fingerprint density at radius 2 is 1.66 bits per heavy atom. The number of halogens is 4. The van der Waals surface area contributed by atoms with E-state index in [0.717, 1.165) is 12.1 Å². The summed E-state index contributed by atoms with van der Waals surface area (Å²) >= 11 is 0. The summed E-state index contributed by atoms with van der Waals surface area (Å²) in [5, 5.41) is 0.434. The average Bonchev–Trinajstić information content (AvgIpc) is 2.96. The van der Waals surface area contributed by atoms with Crippen molar-refractivity contribution in [3.63, 3.8) is 0 Å². The number of nitrogens with zero attached hydrogens (tertiary/aromatic N) is 2. The van der Waals surface area contributed by atoms with Gasteiger partial charge in [0.15, 0.2) is 5.78 Å². The molecular formula is C31H26F4N2O4. The molecule has 0 N–H and O–H groups in total. The second-order valence-electron chi connectivity index (χ2n) is 9.74. The predicted octanol–water partition coefficient (Wildman–Crippen LogP) is 6.36. The summed E-state index contributed by atoms with van der Waals surface area (Å²) < 4.78 is 62.6. The lowest BCUT2D eigenvalue weighted by Crippen LogP contribution is -2.53. The minimum absolute atomic E-state index is 0.0180. The zero-order valence-corrected chi connectivity index (χ0v) is 22.1. The summed E-state index contributed by atoms with van der Waals surface area (Å²) in [4.78, 5) is 32.5. The summed E-state index contributed by atoms with van der Waals surface area (Å²) in [5.74, 6) is -0.353. The Balaban J connectivity index is 1.48. The Morgan fingerprint density at radius 3 is 2.29 bits per heavy atom. The fraction of sp³-hybridized carbons (Fsp3) is 0.258. The van der Waals surface area contributed by atoms with Crippen LogP contribution in [0.15, 0.2) is 72.9 Å². The molecule has 0 radical (unpaired) electrons. The minimum atomic E-state index is -4.50. The number of aromatic nitrogens is 1. The third-order valence-electron chi connectivity index (χ3n) is 6.99. The molecule has 10 heteroatoms. The number of benzene rings is 3. The molecule has 0 aliphatic carbocycles. The van der Waals surface area contributed by atoms with E-state index in [1.165, 1.54) is 37.6 Å². The van der Waals surface area contributed by atoms with Crippen molar-refractivity contribution in [3.05, 3.63) is 95.2 Å². The number of carbonyl (C=O) groups excluding carboxylic acids is 2. The molecule has 1 aliphatic heterocycles. The van der Waals surface area contributed by atoms with Crippen LogP contribution in [0, 0.1) is 0 Å². The lowest BCUT2D eigenvalue weighted by Gasteiger charge is -2.38. The molecule has 212 valence electrons. The van der Waals surface area contributed by atoms with Gasteiger partial charge in [0.2, 0.25) is 0 Å². The summed E-state index contributed by atoms with van der Waals surface area (Å²) in [6.45, 7) is 1.74. The third-order valence-corrected chi connectivity index (χ3v) is 6.99. The number of fused-ring (bicyclic) bond motifs is 1. The first-order valence-corrected chi connectivity index (χ1v) is 13.0. The van der Waals surface area contributed by atoms with Crippen LogP contribution in [-0.4, -0.2) is 61.2 Å². The van der Waals surface area contributed by atoms with Crippen LogP contribution in [0.2, 0.25) is 0 Å². The van der Waals surface area contributed by atoms with Crippen molar-refractivity contribution in [1.82, 2.24) is 9.88 Å². The van der Waals surface area contributed by atoms with Crippen LogP contribution in [0.4, 0.5) is 17.6 Å². The molecular weight excluding hydrogens is 540 g/mol. The van der Waals surface area contributed by atoms with Crippen molar-refractivity contribution in [2.75, 3.05) is 33.4 Å². The highest BCUT2D eigenvalue weighted by Gasteiger charge is 2.31. The van der Waals surface area contributed by atoms with Crippen LogP contribution < -0.4 is 4.74 Å². The number of rotatable bonds is 9. The van der Waals surface area contributed by atoms with Crippen molar-refractivity contribution in [1.29, 1.82) is 0 Å². The molecule has 1 aliphatic rings. The molecule has 41 heavy (non-hydrogen) atoms. The Hall–Kier alpha value is -4.31. The van der Waals surface area contributed by atoms with E-state index in [1.807, 2.05) is 0 Å². The molecule has 0 saturated carbocycles. The first-order valence-electron chi connectivity index (χ1n) is 13.0. The van der Waals surface area contributed by atoms with Crippen LogP contribution >= 0.6 is 0 Å². The molecule has 0 atom stereocenters. The molecule has 3 aromatic carbocycles. The standard InChI is InChI=1S/C31H26F4N2O4/c1-40-30(39)21-7-12-25-27(15-21)36-16-26(19-3-8-22(9-4-19)31(33,34)35)28(25)29(38)20-5-10-23(11-6-20)41-24-17-37(18-24)14-2-13-32/h3-12,15-16,24H,2,13-14,17-18H2,1H3. The second-order valence-corrected chi connectivity index (χ2v) is 9.74. The van der Waals surface area contributed by atoms with E-state index < -0.39 is 17.7 Å². The topological polar surface area (TPSA) is 68.7 Å². The summed E-state index contributed by atoms with van der Waals surface area (Å²) in [6, 6.07) is 15.7. The van der Waals surface area contributed by atoms with Gasteiger partial charge in [-0.25, -0.2) is 4.79 Å². The molecule has 5 rings (SSSR count). The van der Waals surface area contributed by atoms with E-state index in [0.29, 0.717) is 59.4 Å². The number of hydrogen-bond donors (Lipinski definition) is 0. The largest absolute Gasteiger partial charge is 0.488 e. The number of hydrogen-bond acceptors (Lipinski definition) is 6. The maximum absolute atomic E-state index is 13.9. The number of esters is 1. The SMILES string of the molecule is COC(=O)c1ccc2c(C(=O)c3ccc(OC4CN(CCCF)C4)cc3)c(-c3ccc(C(F)(F)F)cc3)cnc2c1. The minimum Gasteiger partial charge on any atom is -0.488 e. The Labute approximate surface area is 233 Å². The molecule has 1 saturated heterocycles.